The summed E-state index contributed by atoms with van der Waals surface area (Å²) < 4.78 is 8.61. The van der Waals surface area contributed by atoms with Crippen molar-refractivity contribution in [2.45, 2.75) is 97.4 Å². The highest BCUT2D eigenvalue weighted by Gasteiger charge is 2.13. The van der Waals surface area contributed by atoms with Gasteiger partial charge in [-0.2, -0.15) is 0 Å². The summed E-state index contributed by atoms with van der Waals surface area (Å²) in [6, 6.07) is 13.0. The number of nitrogens with two attached hydrogens (primary N) is 1. The lowest BCUT2D eigenvalue weighted by atomic mass is 10.1. The Morgan fingerprint density at radius 2 is 1.35 bits per heavy atom. The first-order valence-corrected chi connectivity index (χ1v) is 12.7. The molecule has 170 valence electrons. The molecule has 2 N–H and O–H groups in total. The third-order valence-electron chi connectivity index (χ3n) is 6.39. The van der Waals surface area contributed by atoms with Gasteiger partial charge in [0.2, 0.25) is 0 Å². The zero-order valence-electron chi connectivity index (χ0n) is 19.8. The minimum Gasteiger partial charge on any atom is -0.491 e. The standard InChI is InChI=1S/C28H42N2O/c1-3-5-7-9-11-15-19-30-26-18-14-13-17-23(26)24-21-25(29)28(22-27(24)30)31-20-16-12-10-8-6-4-2/h13-14,17-18,21-22H,3-12,15-16,19-20,29H2,1-2H3. The third kappa shape index (κ3) is 6.41. The number of hydrogen-bond donors (Lipinski definition) is 1. The smallest absolute Gasteiger partial charge is 0.144 e. The minimum atomic E-state index is 0.749. The van der Waals surface area contributed by atoms with E-state index in [4.69, 9.17) is 10.5 Å². The second-order valence-corrected chi connectivity index (χ2v) is 8.96. The molecule has 0 radical (unpaired) electrons. The first-order chi connectivity index (χ1) is 15.3. The molecule has 0 saturated heterocycles. The lowest BCUT2D eigenvalue weighted by Gasteiger charge is -2.12. The molecule has 0 aliphatic rings. The third-order valence-corrected chi connectivity index (χ3v) is 6.39. The van der Waals surface area contributed by atoms with Crippen LogP contribution in [0.1, 0.15) is 90.9 Å². The average Bonchev–Trinajstić information content (AvgIpc) is 3.08. The van der Waals surface area contributed by atoms with Crippen molar-refractivity contribution in [1.29, 1.82) is 0 Å². The quantitative estimate of drug-likeness (QED) is 0.197. The summed E-state index contributed by atoms with van der Waals surface area (Å²) in [5.74, 6) is 0.841. The fourth-order valence-corrected chi connectivity index (χ4v) is 4.57. The monoisotopic (exact) mass is 422 g/mol. The van der Waals surface area contributed by atoms with Crippen molar-refractivity contribution in [3.05, 3.63) is 36.4 Å². The largest absolute Gasteiger partial charge is 0.491 e. The fourth-order valence-electron chi connectivity index (χ4n) is 4.57. The summed E-state index contributed by atoms with van der Waals surface area (Å²) in [4.78, 5) is 0. The van der Waals surface area contributed by atoms with E-state index in [-0.39, 0.29) is 0 Å². The van der Waals surface area contributed by atoms with Gasteiger partial charge in [0.05, 0.1) is 17.8 Å². The van der Waals surface area contributed by atoms with E-state index in [0.29, 0.717) is 0 Å². The molecule has 0 atom stereocenters. The second kappa shape index (κ2) is 12.6. The highest BCUT2D eigenvalue weighted by Crippen LogP contribution is 2.35. The summed E-state index contributed by atoms with van der Waals surface area (Å²) in [6.45, 7) is 6.33. The molecular formula is C28H42N2O. The van der Waals surface area contributed by atoms with E-state index in [9.17, 15) is 0 Å². The van der Waals surface area contributed by atoms with Gasteiger partial charge >= 0.3 is 0 Å². The number of anilines is 1. The first kappa shape index (κ1) is 23.5. The van der Waals surface area contributed by atoms with Gasteiger partial charge in [-0.25, -0.2) is 0 Å². The van der Waals surface area contributed by atoms with Crippen LogP contribution in [0.15, 0.2) is 36.4 Å². The minimum absolute atomic E-state index is 0.749. The van der Waals surface area contributed by atoms with Gasteiger partial charge in [0, 0.05) is 28.9 Å². The van der Waals surface area contributed by atoms with Crippen molar-refractivity contribution >= 4 is 27.5 Å². The Hall–Kier alpha value is -2.16. The predicted molar refractivity (Wildman–Crippen MR) is 136 cm³/mol. The number of ether oxygens (including phenoxy) is 1. The number of benzene rings is 2. The predicted octanol–water partition coefficient (Wildman–Crippen LogP) is 8.48. The topological polar surface area (TPSA) is 40.2 Å². The molecular weight excluding hydrogens is 380 g/mol. The fraction of sp³-hybridized carbons (Fsp3) is 0.571. The van der Waals surface area contributed by atoms with Crippen molar-refractivity contribution in [2.75, 3.05) is 12.3 Å². The van der Waals surface area contributed by atoms with Gasteiger partial charge in [-0.3, -0.25) is 0 Å². The van der Waals surface area contributed by atoms with Gasteiger partial charge in [-0.15, -0.1) is 0 Å². The van der Waals surface area contributed by atoms with Crippen LogP contribution in [0, 0.1) is 0 Å². The number of rotatable bonds is 15. The molecule has 3 nitrogen and oxygen atoms in total. The Bertz CT molecular complexity index is 928. The average molecular weight is 423 g/mol. The molecule has 0 bridgehead atoms. The van der Waals surface area contributed by atoms with Crippen molar-refractivity contribution in [3.63, 3.8) is 0 Å². The lowest BCUT2D eigenvalue weighted by Crippen LogP contribution is -2.02. The van der Waals surface area contributed by atoms with Crippen molar-refractivity contribution in [1.82, 2.24) is 4.57 Å². The van der Waals surface area contributed by atoms with E-state index in [1.807, 2.05) is 0 Å². The van der Waals surface area contributed by atoms with Gasteiger partial charge in [0.25, 0.3) is 0 Å². The number of nitrogen functional groups attached to an aromatic ring is 1. The molecule has 2 aromatic carbocycles. The summed E-state index contributed by atoms with van der Waals surface area (Å²) >= 11 is 0. The maximum absolute atomic E-state index is 6.40. The number of fused-ring (bicyclic) bond motifs is 3. The van der Waals surface area contributed by atoms with Crippen LogP contribution in [0.25, 0.3) is 21.8 Å². The molecule has 0 fully saturated rings. The Morgan fingerprint density at radius 1 is 0.710 bits per heavy atom. The van der Waals surface area contributed by atoms with Gasteiger partial charge < -0.3 is 15.0 Å². The molecule has 31 heavy (non-hydrogen) atoms. The van der Waals surface area contributed by atoms with Gasteiger partial charge in [0.15, 0.2) is 0 Å². The summed E-state index contributed by atoms with van der Waals surface area (Å²) in [7, 11) is 0. The molecule has 0 aliphatic carbocycles. The van der Waals surface area contributed by atoms with E-state index in [2.05, 4.69) is 54.8 Å². The van der Waals surface area contributed by atoms with E-state index >= 15 is 0 Å². The van der Waals surface area contributed by atoms with Crippen LogP contribution in [0.2, 0.25) is 0 Å². The number of unbranched alkanes of at least 4 members (excludes halogenated alkanes) is 10. The molecule has 0 saturated carbocycles. The van der Waals surface area contributed by atoms with Crippen LogP contribution >= 0.6 is 0 Å². The van der Waals surface area contributed by atoms with Gasteiger partial charge in [-0.1, -0.05) is 96.3 Å². The number of nitrogens with zero attached hydrogens (tertiary/aromatic N) is 1. The summed E-state index contributed by atoms with van der Waals surface area (Å²) in [5.41, 5.74) is 9.71. The van der Waals surface area contributed by atoms with Crippen molar-refractivity contribution < 1.29 is 4.74 Å². The van der Waals surface area contributed by atoms with E-state index in [1.54, 1.807) is 0 Å². The molecule has 3 heteroatoms. The van der Waals surface area contributed by atoms with E-state index in [0.717, 1.165) is 31.0 Å². The molecule has 0 spiro atoms. The zero-order valence-corrected chi connectivity index (χ0v) is 19.8. The maximum atomic E-state index is 6.40. The summed E-state index contributed by atoms with van der Waals surface area (Å²) in [6.07, 6.45) is 15.5. The van der Waals surface area contributed by atoms with Crippen LogP contribution in [-0.2, 0) is 6.54 Å². The SMILES string of the molecule is CCCCCCCCOc1cc2c(cc1N)c1ccccc1n2CCCCCCCC. The highest BCUT2D eigenvalue weighted by molar-refractivity contribution is 6.09. The molecule has 1 aromatic heterocycles. The van der Waals surface area contributed by atoms with Crippen LogP contribution in [0.4, 0.5) is 5.69 Å². The maximum Gasteiger partial charge on any atom is 0.144 e. The first-order valence-electron chi connectivity index (χ1n) is 12.7. The lowest BCUT2D eigenvalue weighted by molar-refractivity contribution is 0.306. The van der Waals surface area contributed by atoms with Crippen LogP contribution in [0.3, 0.4) is 0 Å². The Morgan fingerprint density at radius 3 is 2.10 bits per heavy atom. The van der Waals surface area contributed by atoms with Crippen molar-refractivity contribution in [3.8, 4) is 5.75 Å². The van der Waals surface area contributed by atoms with E-state index in [1.165, 1.54) is 92.4 Å². The molecule has 0 amide bonds. The Labute approximate surface area is 189 Å². The highest BCUT2D eigenvalue weighted by atomic mass is 16.5. The van der Waals surface area contributed by atoms with Crippen LogP contribution < -0.4 is 10.5 Å². The second-order valence-electron chi connectivity index (χ2n) is 8.96. The number of hydrogen-bond acceptors (Lipinski definition) is 2. The number of para-hydroxylation sites is 1. The number of aromatic nitrogens is 1. The van der Waals surface area contributed by atoms with Crippen LogP contribution in [-0.4, -0.2) is 11.2 Å². The number of aryl methyl sites for hydroxylation is 1. The molecule has 3 aromatic rings. The molecule has 3 rings (SSSR count). The Kier molecular flexibility index (Phi) is 9.58. The molecule has 0 aliphatic heterocycles. The summed E-state index contributed by atoms with van der Waals surface area (Å²) in [5, 5.41) is 2.53. The van der Waals surface area contributed by atoms with Crippen molar-refractivity contribution in [2.24, 2.45) is 0 Å². The molecule has 0 unspecified atom stereocenters. The normalized spacial score (nSPS) is 11.5. The van der Waals surface area contributed by atoms with E-state index < -0.39 is 0 Å². The Balaban J connectivity index is 1.70. The van der Waals surface area contributed by atoms with Gasteiger partial charge in [0.1, 0.15) is 5.75 Å². The zero-order chi connectivity index (χ0) is 21.9. The molecule has 1 heterocycles. The van der Waals surface area contributed by atoms with Gasteiger partial charge in [-0.05, 0) is 25.0 Å². The van der Waals surface area contributed by atoms with Crippen LogP contribution in [0.5, 0.6) is 5.75 Å².